The van der Waals surface area contributed by atoms with Crippen LogP contribution in [0.2, 0.25) is 5.02 Å². The molecule has 1 saturated carbocycles. The summed E-state index contributed by atoms with van der Waals surface area (Å²) in [5.74, 6) is 1.44. The molecule has 1 aliphatic rings. The molecule has 0 saturated heterocycles. The van der Waals surface area contributed by atoms with Gasteiger partial charge in [-0.25, -0.2) is 0 Å². The van der Waals surface area contributed by atoms with Crippen molar-refractivity contribution in [3.63, 3.8) is 0 Å². The van der Waals surface area contributed by atoms with Gasteiger partial charge in [-0.15, -0.1) is 0 Å². The summed E-state index contributed by atoms with van der Waals surface area (Å²) in [7, 11) is 0. The number of halogens is 1. The van der Waals surface area contributed by atoms with Gasteiger partial charge in [-0.2, -0.15) is 0 Å². The molecular formula is C16H21ClO2. The van der Waals surface area contributed by atoms with Gasteiger partial charge in [-0.1, -0.05) is 30.9 Å². The number of benzene rings is 1. The number of carbonyl (C=O) groups is 1. The SMILES string of the molecule is Cc1cc(OCCC(=O)C2CCCCC2)ccc1Cl. The van der Waals surface area contributed by atoms with E-state index in [-0.39, 0.29) is 5.92 Å². The molecule has 1 aromatic rings. The molecule has 1 aliphatic carbocycles. The highest BCUT2D eigenvalue weighted by Gasteiger charge is 2.20. The van der Waals surface area contributed by atoms with Crippen molar-refractivity contribution in [1.29, 1.82) is 0 Å². The number of hydrogen-bond donors (Lipinski definition) is 0. The van der Waals surface area contributed by atoms with Crippen molar-refractivity contribution in [2.45, 2.75) is 45.4 Å². The number of Topliss-reactive ketones (excluding diaryl/α,β-unsaturated/α-hetero) is 1. The summed E-state index contributed by atoms with van der Waals surface area (Å²) in [5.41, 5.74) is 0.998. The second-order valence-corrected chi connectivity index (χ2v) is 5.72. The lowest BCUT2D eigenvalue weighted by atomic mass is 9.85. The third-order valence-electron chi connectivity index (χ3n) is 3.81. The van der Waals surface area contributed by atoms with Gasteiger partial charge in [0.25, 0.3) is 0 Å². The fourth-order valence-electron chi connectivity index (χ4n) is 2.61. The molecule has 0 heterocycles. The van der Waals surface area contributed by atoms with Crippen molar-refractivity contribution < 1.29 is 9.53 Å². The van der Waals surface area contributed by atoms with E-state index < -0.39 is 0 Å². The monoisotopic (exact) mass is 280 g/mol. The Morgan fingerprint density at radius 1 is 1.32 bits per heavy atom. The topological polar surface area (TPSA) is 26.3 Å². The van der Waals surface area contributed by atoms with Crippen LogP contribution >= 0.6 is 11.6 Å². The number of ether oxygens (including phenoxy) is 1. The molecule has 0 bridgehead atoms. The van der Waals surface area contributed by atoms with Crippen LogP contribution in [0.3, 0.4) is 0 Å². The van der Waals surface area contributed by atoms with E-state index in [1.807, 2.05) is 25.1 Å². The molecule has 0 amide bonds. The molecular weight excluding hydrogens is 260 g/mol. The lowest BCUT2D eigenvalue weighted by Gasteiger charge is -2.20. The minimum absolute atomic E-state index is 0.282. The average molecular weight is 281 g/mol. The van der Waals surface area contributed by atoms with Gasteiger partial charge in [0.05, 0.1) is 6.61 Å². The summed E-state index contributed by atoms with van der Waals surface area (Å²) in [6, 6.07) is 5.59. The molecule has 3 heteroatoms. The van der Waals surface area contributed by atoms with Gasteiger partial charge in [-0.3, -0.25) is 4.79 Å². The van der Waals surface area contributed by atoms with Crippen LogP contribution in [0.15, 0.2) is 18.2 Å². The highest BCUT2D eigenvalue weighted by Crippen LogP contribution is 2.25. The van der Waals surface area contributed by atoms with Crippen molar-refractivity contribution >= 4 is 17.4 Å². The van der Waals surface area contributed by atoms with E-state index in [1.165, 1.54) is 19.3 Å². The van der Waals surface area contributed by atoms with E-state index in [9.17, 15) is 4.79 Å². The molecule has 104 valence electrons. The first-order valence-electron chi connectivity index (χ1n) is 7.08. The van der Waals surface area contributed by atoms with Crippen LogP contribution in [-0.2, 0) is 4.79 Å². The predicted octanol–water partition coefficient (Wildman–Crippen LogP) is 4.57. The normalized spacial score (nSPS) is 16.3. The zero-order chi connectivity index (χ0) is 13.7. The molecule has 0 aliphatic heterocycles. The van der Waals surface area contributed by atoms with Crippen LogP contribution in [0.25, 0.3) is 0 Å². The summed E-state index contributed by atoms with van der Waals surface area (Å²) in [4.78, 5) is 12.0. The van der Waals surface area contributed by atoms with E-state index in [0.29, 0.717) is 18.8 Å². The van der Waals surface area contributed by atoms with Gasteiger partial charge >= 0.3 is 0 Å². The summed E-state index contributed by atoms with van der Waals surface area (Å²) < 4.78 is 5.62. The van der Waals surface area contributed by atoms with Crippen LogP contribution < -0.4 is 4.74 Å². The van der Waals surface area contributed by atoms with Gasteiger partial charge in [-0.05, 0) is 43.5 Å². The standard InChI is InChI=1S/C16H21ClO2/c1-12-11-14(7-8-15(12)17)19-10-9-16(18)13-5-3-2-4-6-13/h7-8,11,13H,2-6,9-10H2,1H3. The number of ketones is 1. The summed E-state index contributed by atoms with van der Waals surface area (Å²) in [6.07, 6.45) is 6.34. The fraction of sp³-hybridized carbons (Fsp3) is 0.562. The van der Waals surface area contributed by atoms with Gasteiger partial charge in [0.15, 0.2) is 0 Å². The maximum absolute atomic E-state index is 12.0. The first-order chi connectivity index (χ1) is 9.16. The minimum atomic E-state index is 0.282. The summed E-state index contributed by atoms with van der Waals surface area (Å²) in [6.45, 7) is 2.42. The Morgan fingerprint density at radius 3 is 2.74 bits per heavy atom. The summed E-state index contributed by atoms with van der Waals surface area (Å²) >= 11 is 5.96. The van der Waals surface area contributed by atoms with Gasteiger partial charge in [0, 0.05) is 17.4 Å². The molecule has 1 fully saturated rings. The molecule has 0 radical (unpaired) electrons. The minimum Gasteiger partial charge on any atom is -0.493 e. The Balaban J connectivity index is 1.76. The van der Waals surface area contributed by atoms with E-state index in [0.717, 1.165) is 29.2 Å². The number of aryl methyl sites for hydroxylation is 1. The van der Waals surface area contributed by atoms with Crippen LogP contribution in [0.5, 0.6) is 5.75 Å². The summed E-state index contributed by atoms with van der Waals surface area (Å²) in [5, 5.41) is 0.741. The quantitative estimate of drug-likeness (QED) is 0.790. The molecule has 0 aromatic heterocycles. The first-order valence-corrected chi connectivity index (χ1v) is 7.46. The number of carbonyl (C=O) groups excluding carboxylic acids is 1. The smallest absolute Gasteiger partial charge is 0.139 e. The van der Waals surface area contributed by atoms with Crippen molar-refractivity contribution in [1.82, 2.24) is 0 Å². The molecule has 0 spiro atoms. The maximum Gasteiger partial charge on any atom is 0.139 e. The Kier molecular flexibility index (Phi) is 5.26. The Labute approximate surface area is 120 Å². The average Bonchev–Trinajstić information content (AvgIpc) is 2.43. The van der Waals surface area contributed by atoms with Gasteiger partial charge in [0.1, 0.15) is 11.5 Å². The zero-order valence-corrected chi connectivity index (χ0v) is 12.2. The molecule has 2 rings (SSSR count). The largest absolute Gasteiger partial charge is 0.493 e. The van der Waals surface area contributed by atoms with E-state index >= 15 is 0 Å². The second-order valence-electron chi connectivity index (χ2n) is 5.31. The Hall–Kier alpha value is -1.02. The maximum atomic E-state index is 12.0. The van der Waals surface area contributed by atoms with Crippen molar-refractivity contribution in [3.05, 3.63) is 28.8 Å². The Morgan fingerprint density at radius 2 is 2.05 bits per heavy atom. The fourth-order valence-corrected chi connectivity index (χ4v) is 2.72. The third-order valence-corrected chi connectivity index (χ3v) is 4.23. The van der Waals surface area contributed by atoms with Crippen LogP contribution in [0.4, 0.5) is 0 Å². The van der Waals surface area contributed by atoms with E-state index in [1.54, 1.807) is 0 Å². The Bertz CT molecular complexity index is 436. The lowest BCUT2D eigenvalue weighted by Crippen LogP contribution is -2.19. The molecule has 1 aromatic carbocycles. The van der Waals surface area contributed by atoms with Crippen molar-refractivity contribution in [2.75, 3.05) is 6.61 Å². The first kappa shape index (κ1) is 14.4. The molecule has 2 nitrogen and oxygen atoms in total. The molecule has 19 heavy (non-hydrogen) atoms. The molecule has 0 N–H and O–H groups in total. The molecule has 0 unspecified atom stereocenters. The van der Waals surface area contributed by atoms with Crippen LogP contribution in [0.1, 0.15) is 44.1 Å². The lowest BCUT2D eigenvalue weighted by molar-refractivity contribution is -0.124. The van der Waals surface area contributed by atoms with Crippen molar-refractivity contribution in [2.24, 2.45) is 5.92 Å². The van der Waals surface area contributed by atoms with Crippen molar-refractivity contribution in [3.8, 4) is 5.75 Å². The van der Waals surface area contributed by atoms with Crippen LogP contribution in [0, 0.1) is 12.8 Å². The second kappa shape index (κ2) is 6.95. The zero-order valence-electron chi connectivity index (χ0n) is 11.5. The van der Waals surface area contributed by atoms with Gasteiger partial charge < -0.3 is 4.74 Å². The molecule has 0 atom stereocenters. The highest BCUT2D eigenvalue weighted by atomic mass is 35.5. The van der Waals surface area contributed by atoms with Gasteiger partial charge in [0.2, 0.25) is 0 Å². The van der Waals surface area contributed by atoms with Crippen LogP contribution in [-0.4, -0.2) is 12.4 Å². The highest BCUT2D eigenvalue weighted by molar-refractivity contribution is 6.31. The van der Waals surface area contributed by atoms with E-state index in [2.05, 4.69) is 0 Å². The number of rotatable bonds is 5. The number of hydrogen-bond acceptors (Lipinski definition) is 2. The predicted molar refractivity (Wildman–Crippen MR) is 77.9 cm³/mol. The third kappa shape index (κ3) is 4.24. The van der Waals surface area contributed by atoms with E-state index in [4.69, 9.17) is 16.3 Å².